The van der Waals surface area contributed by atoms with Crippen LogP contribution in [0.1, 0.15) is 44.6 Å². The van der Waals surface area contributed by atoms with Crippen molar-refractivity contribution in [3.63, 3.8) is 0 Å². The molecule has 1 aliphatic carbocycles. The zero-order valence-electron chi connectivity index (χ0n) is 13.3. The van der Waals surface area contributed by atoms with Crippen LogP contribution in [0.4, 0.5) is 0 Å². The Kier molecular flexibility index (Phi) is 5.27. The fourth-order valence-corrected chi connectivity index (χ4v) is 3.51. The Morgan fingerprint density at radius 3 is 2.86 bits per heavy atom. The monoisotopic (exact) mass is 323 g/mol. The van der Waals surface area contributed by atoms with Gasteiger partial charge in [-0.2, -0.15) is 0 Å². The molecule has 1 N–H and O–H groups in total. The molecule has 1 aliphatic heterocycles. The van der Waals surface area contributed by atoms with Crippen LogP contribution in [0.15, 0.2) is 18.2 Å². The van der Waals surface area contributed by atoms with Crippen LogP contribution in [0.2, 0.25) is 5.02 Å². The molecule has 4 heteroatoms. The summed E-state index contributed by atoms with van der Waals surface area (Å²) < 4.78 is 6.31. The summed E-state index contributed by atoms with van der Waals surface area (Å²) in [6.07, 6.45) is 6.93. The number of phenolic OH excluding ortho intramolecular Hbond substituents is 1. The van der Waals surface area contributed by atoms with Crippen LogP contribution in [0.25, 0.3) is 0 Å². The summed E-state index contributed by atoms with van der Waals surface area (Å²) in [5.74, 6) is 0.931. The van der Waals surface area contributed by atoms with Crippen molar-refractivity contribution in [1.29, 1.82) is 0 Å². The summed E-state index contributed by atoms with van der Waals surface area (Å²) in [4.78, 5) is 2.45. The van der Waals surface area contributed by atoms with Gasteiger partial charge >= 0.3 is 0 Å². The van der Waals surface area contributed by atoms with Crippen molar-refractivity contribution in [3.05, 3.63) is 28.8 Å². The Hall–Kier alpha value is -0.770. The molecule has 1 saturated carbocycles. The molecular weight excluding hydrogens is 298 g/mol. The van der Waals surface area contributed by atoms with E-state index >= 15 is 0 Å². The second-order valence-corrected chi connectivity index (χ2v) is 7.10. The van der Waals surface area contributed by atoms with Crippen LogP contribution in [0.5, 0.6) is 5.75 Å². The molecule has 2 aliphatic rings. The number of nitrogens with zero attached hydrogens (tertiary/aromatic N) is 1. The number of halogens is 1. The first-order valence-corrected chi connectivity index (χ1v) is 8.89. The van der Waals surface area contributed by atoms with Crippen molar-refractivity contribution in [2.45, 2.75) is 57.8 Å². The molecule has 122 valence electrons. The SMILES string of the molecule is CCCC[C@@H]1CN(Cc2cccc(O)c2Cl)C[C@H](C2CC2)O1. The lowest BCUT2D eigenvalue weighted by Crippen LogP contribution is -2.48. The average molecular weight is 324 g/mol. The van der Waals surface area contributed by atoms with Crippen molar-refractivity contribution < 1.29 is 9.84 Å². The van der Waals surface area contributed by atoms with E-state index in [-0.39, 0.29) is 5.75 Å². The highest BCUT2D eigenvalue weighted by atomic mass is 35.5. The van der Waals surface area contributed by atoms with Gasteiger partial charge in [-0.25, -0.2) is 0 Å². The minimum absolute atomic E-state index is 0.175. The van der Waals surface area contributed by atoms with Gasteiger partial charge in [0, 0.05) is 19.6 Å². The second-order valence-electron chi connectivity index (χ2n) is 6.72. The summed E-state index contributed by atoms with van der Waals surface area (Å²) in [5, 5.41) is 10.3. The predicted octanol–water partition coefficient (Wildman–Crippen LogP) is 4.22. The van der Waals surface area contributed by atoms with Crippen molar-refractivity contribution >= 4 is 11.6 Å². The van der Waals surface area contributed by atoms with E-state index in [1.165, 1.54) is 25.7 Å². The molecule has 0 amide bonds. The third-order valence-electron chi connectivity index (χ3n) is 4.75. The van der Waals surface area contributed by atoms with Gasteiger partial charge in [-0.15, -0.1) is 0 Å². The van der Waals surface area contributed by atoms with Crippen molar-refractivity contribution in [3.8, 4) is 5.75 Å². The van der Waals surface area contributed by atoms with Crippen molar-refractivity contribution in [2.75, 3.05) is 13.1 Å². The topological polar surface area (TPSA) is 32.7 Å². The Balaban J connectivity index is 1.66. The number of aromatic hydroxyl groups is 1. The molecule has 0 radical (unpaired) electrons. The molecule has 3 rings (SSSR count). The van der Waals surface area contributed by atoms with Crippen LogP contribution in [0.3, 0.4) is 0 Å². The van der Waals surface area contributed by atoms with Gasteiger partial charge in [0.25, 0.3) is 0 Å². The van der Waals surface area contributed by atoms with E-state index in [2.05, 4.69) is 11.8 Å². The Morgan fingerprint density at radius 1 is 1.32 bits per heavy atom. The standard InChI is InChI=1S/C18H26ClNO2/c1-2-3-6-15-11-20(12-17(22-15)13-8-9-13)10-14-5-4-7-16(21)18(14)19/h4-5,7,13,15,17,21H,2-3,6,8-12H2,1H3/t15-,17-/m1/s1. The zero-order chi connectivity index (χ0) is 15.5. The lowest BCUT2D eigenvalue weighted by atomic mass is 10.1. The Bertz CT molecular complexity index is 504. The predicted molar refractivity (Wildman–Crippen MR) is 89.3 cm³/mol. The van der Waals surface area contributed by atoms with Gasteiger partial charge in [-0.3, -0.25) is 4.90 Å². The van der Waals surface area contributed by atoms with E-state index in [4.69, 9.17) is 16.3 Å². The smallest absolute Gasteiger partial charge is 0.134 e. The van der Waals surface area contributed by atoms with Gasteiger partial charge in [0.05, 0.1) is 17.2 Å². The molecule has 1 heterocycles. The lowest BCUT2D eigenvalue weighted by molar-refractivity contribution is -0.0993. The summed E-state index contributed by atoms with van der Waals surface area (Å²) in [6, 6.07) is 5.51. The summed E-state index contributed by atoms with van der Waals surface area (Å²) in [6.45, 7) is 4.97. The van der Waals surface area contributed by atoms with Gasteiger partial charge in [0.2, 0.25) is 0 Å². The Labute approximate surface area is 138 Å². The van der Waals surface area contributed by atoms with Crippen LogP contribution in [-0.2, 0) is 11.3 Å². The maximum atomic E-state index is 9.77. The van der Waals surface area contributed by atoms with Crippen LogP contribution >= 0.6 is 11.6 Å². The number of hydrogen-bond acceptors (Lipinski definition) is 3. The molecule has 0 aromatic heterocycles. The largest absolute Gasteiger partial charge is 0.506 e. The zero-order valence-corrected chi connectivity index (χ0v) is 14.1. The third kappa shape index (κ3) is 3.95. The van der Waals surface area contributed by atoms with Gasteiger partial charge in [0.15, 0.2) is 0 Å². The number of rotatable bonds is 6. The number of benzene rings is 1. The van der Waals surface area contributed by atoms with Crippen LogP contribution in [0, 0.1) is 5.92 Å². The second kappa shape index (κ2) is 7.20. The highest BCUT2D eigenvalue weighted by Crippen LogP contribution is 2.38. The van der Waals surface area contributed by atoms with E-state index in [0.717, 1.165) is 37.5 Å². The fourth-order valence-electron chi connectivity index (χ4n) is 3.33. The van der Waals surface area contributed by atoms with E-state index < -0.39 is 0 Å². The normalized spacial score (nSPS) is 26.3. The third-order valence-corrected chi connectivity index (χ3v) is 5.18. The molecule has 1 aromatic carbocycles. The van der Waals surface area contributed by atoms with E-state index in [1.54, 1.807) is 6.07 Å². The first-order valence-electron chi connectivity index (χ1n) is 8.51. The number of phenols is 1. The molecule has 0 bridgehead atoms. The first kappa shape index (κ1) is 16.1. The molecule has 1 saturated heterocycles. The quantitative estimate of drug-likeness (QED) is 0.851. The molecule has 0 unspecified atom stereocenters. The van der Waals surface area contributed by atoms with Gasteiger partial charge in [-0.1, -0.05) is 43.5 Å². The maximum Gasteiger partial charge on any atom is 0.134 e. The average Bonchev–Trinajstić information content (AvgIpc) is 3.34. The van der Waals surface area contributed by atoms with E-state index in [9.17, 15) is 5.11 Å². The molecule has 22 heavy (non-hydrogen) atoms. The molecule has 2 fully saturated rings. The molecular formula is C18H26ClNO2. The van der Waals surface area contributed by atoms with Crippen LogP contribution < -0.4 is 0 Å². The Morgan fingerprint density at radius 2 is 2.14 bits per heavy atom. The first-order chi connectivity index (χ1) is 10.7. The van der Waals surface area contributed by atoms with Gasteiger partial charge < -0.3 is 9.84 Å². The minimum atomic E-state index is 0.175. The minimum Gasteiger partial charge on any atom is -0.506 e. The molecule has 2 atom stereocenters. The molecule has 1 aromatic rings. The number of ether oxygens (including phenoxy) is 1. The summed E-state index contributed by atoms with van der Waals surface area (Å²) in [7, 11) is 0. The number of unbranched alkanes of at least 4 members (excludes halogenated alkanes) is 1. The van der Waals surface area contributed by atoms with Crippen molar-refractivity contribution in [2.24, 2.45) is 5.92 Å². The van der Waals surface area contributed by atoms with Gasteiger partial charge in [0.1, 0.15) is 5.75 Å². The molecule has 0 spiro atoms. The van der Waals surface area contributed by atoms with Crippen molar-refractivity contribution in [1.82, 2.24) is 4.90 Å². The van der Waals surface area contributed by atoms with E-state index in [0.29, 0.717) is 17.2 Å². The number of hydrogen-bond donors (Lipinski definition) is 1. The fraction of sp³-hybridized carbons (Fsp3) is 0.667. The molecule has 3 nitrogen and oxygen atoms in total. The van der Waals surface area contributed by atoms with Gasteiger partial charge in [-0.05, 0) is 36.8 Å². The summed E-state index contributed by atoms with van der Waals surface area (Å²) >= 11 is 6.24. The highest BCUT2D eigenvalue weighted by molar-refractivity contribution is 6.32. The number of morpholine rings is 1. The summed E-state index contributed by atoms with van der Waals surface area (Å²) in [5.41, 5.74) is 1.01. The maximum absolute atomic E-state index is 9.77. The van der Waals surface area contributed by atoms with Crippen LogP contribution in [-0.4, -0.2) is 35.3 Å². The lowest BCUT2D eigenvalue weighted by Gasteiger charge is -2.38. The van der Waals surface area contributed by atoms with E-state index in [1.807, 2.05) is 12.1 Å². The highest BCUT2D eigenvalue weighted by Gasteiger charge is 2.38.